The molecule has 1 aliphatic rings. The molecule has 2 rings (SSSR count). The van der Waals surface area contributed by atoms with Gasteiger partial charge in [0.1, 0.15) is 23.0 Å². The predicted octanol–water partition coefficient (Wildman–Crippen LogP) is 2.02. The number of nitrogens with zero attached hydrogens (tertiary/aromatic N) is 1. The van der Waals surface area contributed by atoms with Crippen LogP contribution in [-0.2, 0) is 4.79 Å². The van der Waals surface area contributed by atoms with Gasteiger partial charge in [-0.25, -0.2) is 8.78 Å². The lowest BCUT2D eigenvalue weighted by Gasteiger charge is -2.30. The van der Waals surface area contributed by atoms with Gasteiger partial charge >= 0.3 is 0 Å². The molecule has 1 saturated heterocycles. The number of piperidine rings is 1. The van der Waals surface area contributed by atoms with Gasteiger partial charge in [-0.05, 0) is 12.1 Å². The number of likely N-dealkylation sites (tertiary alicyclic amines) is 1. The van der Waals surface area contributed by atoms with Crippen LogP contribution in [0.15, 0.2) is 18.2 Å². The molecule has 1 aromatic rings. The third-order valence-electron chi connectivity index (χ3n) is 3.14. The van der Waals surface area contributed by atoms with Crippen LogP contribution in [0.1, 0.15) is 23.7 Å². The molecular formula is C13H13F2NO2. The third kappa shape index (κ3) is 2.25. The number of halogens is 2. The molecule has 0 spiro atoms. The van der Waals surface area contributed by atoms with Crippen molar-refractivity contribution >= 4 is 11.7 Å². The second-order valence-corrected chi connectivity index (χ2v) is 4.47. The average Bonchev–Trinajstić information content (AvgIpc) is 2.32. The first-order chi connectivity index (χ1) is 8.50. The zero-order chi connectivity index (χ0) is 13.3. The number of rotatable bonds is 1. The van der Waals surface area contributed by atoms with E-state index in [4.69, 9.17) is 0 Å². The van der Waals surface area contributed by atoms with Gasteiger partial charge in [-0.1, -0.05) is 13.0 Å². The average molecular weight is 253 g/mol. The van der Waals surface area contributed by atoms with Crippen LogP contribution in [0.5, 0.6) is 0 Å². The van der Waals surface area contributed by atoms with Crippen molar-refractivity contribution in [3.05, 3.63) is 35.4 Å². The molecule has 0 bridgehead atoms. The minimum absolute atomic E-state index is 0.0769. The van der Waals surface area contributed by atoms with Crippen LogP contribution in [0.25, 0.3) is 0 Å². The van der Waals surface area contributed by atoms with Crippen molar-refractivity contribution in [3.8, 4) is 0 Å². The molecule has 0 aromatic heterocycles. The molecule has 1 heterocycles. The van der Waals surface area contributed by atoms with Gasteiger partial charge < -0.3 is 4.90 Å². The lowest BCUT2D eigenvalue weighted by Crippen LogP contribution is -2.43. The fourth-order valence-corrected chi connectivity index (χ4v) is 2.06. The third-order valence-corrected chi connectivity index (χ3v) is 3.14. The van der Waals surface area contributed by atoms with Crippen molar-refractivity contribution in [2.24, 2.45) is 5.92 Å². The summed E-state index contributed by atoms with van der Waals surface area (Å²) in [5.41, 5.74) is -0.543. The lowest BCUT2D eigenvalue weighted by molar-refractivity contribution is -0.124. The Labute approximate surface area is 103 Å². The zero-order valence-corrected chi connectivity index (χ0v) is 9.95. The molecule has 18 heavy (non-hydrogen) atoms. The monoisotopic (exact) mass is 253 g/mol. The van der Waals surface area contributed by atoms with E-state index in [0.717, 1.165) is 12.1 Å². The van der Waals surface area contributed by atoms with Crippen LogP contribution in [-0.4, -0.2) is 29.7 Å². The number of carbonyl (C=O) groups is 2. The van der Waals surface area contributed by atoms with Crippen LogP contribution in [0.3, 0.4) is 0 Å². The molecule has 0 N–H and O–H groups in total. The van der Waals surface area contributed by atoms with E-state index in [1.165, 1.54) is 11.0 Å². The van der Waals surface area contributed by atoms with Crippen LogP contribution >= 0.6 is 0 Å². The van der Waals surface area contributed by atoms with Crippen LogP contribution < -0.4 is 0 Å². The summed E-state index contributed by atoms with van der Waals surface area (Å²) in [7, 11) is 0. The van der Waals surface area contributed by atoms with Gasteiger partial charge in [-0.3, -0.25) is 9.59 Å². The molecular weight excluding hydrogens is 240 g/mol. The van der Waals surface area contributed by atoms with Crippen LogP contribution in [0, 0.1) is 17.6 Å². The highest BCUT2D eigenvalue weighted by Crippen LogP contribution is 2.19. The van der Waals surface area contributed by atoms with Gasteiger partial charge in [0.05, 0.1) is 0 Å². The van der Waals surface area contributed by atoms with E-state index in [2.05, 4.69) is 0 Å². The van der Waals surface area contributed by atoms with E-state index >= 15 is 0 Å². The molecule has 0 saturated carbocycles. The molecule has 1 atom stereocenters. The van der Waals surface area contributed by atoms with E-state index in [1.54, 1.807) is 6.92 Å². The molecule has 1 unspecified atom stereocenters. The van der Waals surface area contributed by atoms with Crippen molar-refractivity contribution in [1.29, 1.82) is 0 Å². The number of ketones is 1. The number of amides is 1. The summed E-state index contributed by atoms with van der Waals surface area (Å²) < 4.78 is 27.0. The largest absolute Gasteiger partial charge is 0.337 e. The van der Waals surface area contributed by atoms with Crippen molar-refractivity contribution in [3.63, 3.8) is 0 Å². The second kappa shape index (κ2) is 4.84. The van der Waals surface area contributed by atoms with Crippen molar-refractivity contribution in [2.45, 2.75) is 13.3 Å². The summed E-state index contributed by atoms with van der Waals surface area (Å²) in [6.45, 7) is 2.14. The van der Waals surface area contributed by atoms with E-state index in [9.17, 15) is 18.4 Å². The Morgan fingerprint density at radius 2 is 1.94 bits per heavy atom. The fourth-order valence-electron chi connectivity index (χ4n) is 2.06. The van der Waals surface area contributed by atoms with Gasteiger partial charge in [-0.15, -0.1) is 0 Å². The van der Waals surface area contributed by atoms with Gasteiger partial charge in [0.15, 0.2) is 0 Å². The molecule has 0 aliphatic carbocycles. The Morgan fingerprint density at radius 3 is 2.50 bits per heavy atom. The van der Waals surface area contributed by atoms with Gasteiger partial charge in [0.25, 0.3) is 5.91 Å². The number of Topliss-reactive ketones (excluding diaryl/α,β-unsaturated/α-hetero) is 1. The summed E-state index contributed by atoms with van der Waals surface area (Å²) in [5.74, 6) is -2.63. The number of carbonyl (C=O) groups excluding carboxylic acids is 2. The topological polar surface area (TPSA) is 37.4 Å². The molecule has 1 amide bonds. The number of hydrogen-bond donors (Lipinski definition) is 0. The normalized spacial score (nSPS) is 20.1. The Balaban J connectivity index is 2.24. The Kier molecular flexibility index (Phi) is 3.41. The first-order valence-electron chi connectivity index (χ1n) is 5.76. The summed E-state index contributed by atoms with van der Waals surface area (Å²) in [5, 5.41) is 0. The van der Waals surface area contributed by atoms with Crippen LogP contribution in [0.4, 0.5) is 8.78 Å². The lowest BCUT2D eigenvalue weighted by atomic mass is 9.98. The van der Waals surface area contributed by atoms with E-state index in [-0.39, 0.29) is 31.2 Å². The number of hydrogen-bond acceptors (Lipinski definition) is 2. The van der Waals surface area contributed by atoms with E-state index in [0.29, 0.717) is 0 Å². The summed E-state index contributed by atoms with van der Waals surface area (Å²) >= 11 is 0. The molecule has 0 radical (unpaired) electrons. The highest BCUT2D eigenvalue weighted by atomic mass is 19.1. The smallest absolute Gasteiger partial charge is 0.259 e. The molecule has 1 aromatic carbocycles. The predicted molar refractivity (Wildman–Crippen MR) is 61.0 cm³/mol. The maximum Gasteiger partial charge on any atom is 0.259 e. The van der Waals surface area contributed by atoms with Crippen molar-refractivity contribution in [1.82, 2.24) is 4.90 Å². The van der Waals surface area contributed by atoms with Gasteiger partial charge in [0, 0.05) is 25.4 Å². The fraction of sp³-hybridized carbons (Fsp3) is 0.385. The Morgan fingerprint density at radius 1 is 1.33 bits per heavy atom. The SMILES string of the molecule is CC1CN(C(=O)c2c(F)cccc2F)CCC1=O. The Bertz CT molecular complexity index is 482. The zero-order valence-electron chi connectivity index (χ0n) is 9.95. The maximum atomic E-state index is 13.5. The standard InChI is InChI=1S/C13H13F2NO2/c1-8-7-16(6-5-11(8)17)13(18)12-9(14)3-2-4-10(12)15/h2-4,8H,5-7H2,1H3. The highest BCUT2D eigenvalue weighted by molar-refractivity contribution is 5.96. The van der Waals surface area contributed by atoms with Gasteiger partial charge in [-0.2, -0.15) is 0 Å². The molecule has 96 valence electrons. The second-order valence-electron chi connectivity index (χ2n) is 4.47. The molecule has 1 fully saturated rings. The maximum absolute atomic E-state index is 13.5. The minimum atomic E-state index is -0.871. The summed E-state index contributed by atoms with van der Waals surface area (Å²) in [6, 6.07) is 3.31. The van der Waals surface area contributed by atoms with E-state index < -0.39 is 23.1 Å². The highest BCUT2D eigenvalue weighted by Gasteiger charge is 2.29. The summed E-state index contributed by atoms with van der Waals surface area (Å²) in [4.78, 5) is 24.7. The minimum Gasteiger partial charge on any atom is -0.337 e. The number of benzene rings is 1. The van der Waals surface area contributed by atoms with Crippen LogP contribution in [0.2, 0.25) is 0 Å². The first-order valence-corrected chi connectivity index (χ1v) is 5.76. The molecule has 1 aliphatic heterocycles. The van der Waals surface area contributed by atoms with Crippen molar-refractivity contribution in [2.75, 3.05) is 13.1 Å². The summed E-state index contributed by atoms with van der Waals surface area (Å²) in [6.07, 6.45) is 0.239. The van der Waals surface area contributed by atoms with Gasteiger partial charge in [0.2, 0.25) is 0 Å². The molecule has 3 nitrogen and oxygen atoms in total. The first kappa shape index (κ1) is 12.7. The van der Waals surface area contributed by atoms with Crippen molar-refractivity contribution < 1.29 is 18.4 Å². The quantitative estimate of drug-likeness (QED) is 0.767. The Hall–Kier alpha value is -1.78. The molecule has 5 heteroatoms. The van der Waals surface area contributed by atoms with E-state index in [1.807, 2.05) is 0 Å².